The molecule has 2 aromatic carbocycles. The molecule has 0 amide bonds. The first-order valence-electron chi connectivity index (χ1n) is 16.1. The van der Waals surface area contributed by atoms with Crippen LogP contribution in [-0.4, -0.2) is 47.5 Å². The summed E-state index contributed by atoms with van der Waals surface area (Å²) in [6, 6.07) is 13.4. The van der Waals surface area contributed by atoms with Crippen LogP contribution in [0.5, 0.6) is 0 Å². The predicted octanol–water partition coefficient (Wildman–Crippen LogP) is 7.80. The predicted molar refractivity (Wildman–Crippen MR) is 179 cm³/mol. The molecule has 0 aromatic heterocycles. The number of carboxylic acids is 1. The van der Waals surface area contributed by atoms with Crippen molar-refractivity contribution in [1.29, 1.82) is 5.26 Å². The van der Waals surface area contributed by atoms with Crippen LogP contribution in [0.2, 0.25) is 0 Å². The summed E-state index contributed by atoms with van der Waals surface area (Å²) in [6.07, 6.45) is 12.0. The van der Waals surface area contributed by atoms with Crippen LogP contribution in [0.4, 0.5) is 15.8 Å². The number of allylic oxidation sites excluding steroid dienone is 6. The van der Waals surface area contributed by atoms with E-state index in [0.717, 1.165) is 66.0 Å². The molecule has 4 rings (SSSR count). The average Bonchev–Trinajstić information content (AvgIpc) is 3.39. The van der Waals surface area contributed by atoms with Crippen molar-refractivity contribution in [1.82, 2.24) is 0 Å². The number of fused-ring (bicyclic) bond motifs is 2. The van der Waals surface area contributed by atoms with Gasteiger partial charge in [-0.25, -0.2) is 4.39 Å². The van der Waals surface area contributed by atoms with E-state index >= 15 is 0 Å². The van der Waals surface area contributed by atoms with Crippen LogP contribution in [0.1, 0.15) is 82.9 Å². The van der Waals surface area contributed by atoms with Gasteiger partial charge in [-0.05, 0) is 75.6 Å². The number of hydrogen-bond donors (Lipinski definition) is 1. The first-order chi connectivity index (χ1) is 22.0. The van der Waals surface area contributed by atoms with Gasteiger partial charge in [-0.15, -0.1) is 0 Å². The second kappa shape index (κ2) is 14.7. The molecule has 46 heavy (non-hydrogen) atoms. The summed E-state index contributed by atoms with van der Waals surface area (Å²) in [7, 11) is 0. The topological polar surface area (TPSA) is 93.6 Å². The molecule has 2 aromatic rings. The number of anilines is 1. The maximum atomic E-state index is 14.5. The fraction of sp³-hybridized carbons (Fsp3) is 0.421. The first-order valence-corrected chi connectivity index (χ1v) is 16.1. The Morgan fingerprint density at radius 2 is 1.89 bits per heavy atom. The normalized spacial score (nSPS) is 21.5. The van der Waals surface area contributed by atoms with E-state index in [0.29, 0.717) is 25.1 Å². The van der Waals surface area contributed by atoms with E-state index in [1.165, 1.54) is 11.6 Å². The van der Waals surface area contributed by atoms with Gasteiger partial charge in [-0.1, -0.05) is 50.8 Å². The number of carbonyl (C=O) groups is 2. The summed E-state index contributed by atoms with van der Waals surface area (Å²) in [5.74, 6) is -1.18. The first kappa shape index (κ1) is 34.4. The van der Waals surface area contributed by atoms with E-state index < -0.39 is 11.4 Å². The third-order valence-electron chi connectivity index (χ3n) is 9.39. The number of halogens is 1. The van der Waals surface area contributed by atoms with E-state index in [2.05, 4.69) is 63.8 Å². The molecule has 242 valence electrons. The van der Waals surface area contributed by atoms with Crippen LogP contribution in [0.25, 0.3) is 0 Å². The van der Waals surface area contributed by atoms with Gasteiger partial charge in [0, 0.05) is 41.1 Å². The quantitative estimate of drug-likeness (QED) is 0.0713. The Bertz CT molecular complexity index is 1650. The third-order valence-corrected chi connectivity index (χ3v) is 9.39. The number of benzene rings is 2. The zero-order valence-electron chi connectivity index (χ0n) is 27.6. The van der Waals surface area contributed by atoms with Crippen molar-refractivity contribution in [3.8, 4) is 6.07 Å². The van der Waals surface area contributed by atoms with Crippen molar-refractivity contribution < 1.29 is 28.4 Å². The summed E-state index contributed by atoms with van der Waals surface area (Å²) < 4.78 is 21.6. The minimum atomic E-state index is -0.862. The maximum absolute atomic E-state index is 14.5. The molecule has 0 saturated carbocycles. The van der Waals surface area contributed by atoms with E-state index in [9.17, 15) is 24.3 Å². The number of ether oxygens (including phenoxy) is 1. The lowest BCUT2D eigenvalue weighted by Gasteiger charge is -2.30. The SMILES string of the molecule is CCCCC1(C)C(=CC=C(C#N)C=CC2=[N+](CCOC=O)c3ccc(F)cc3C2(C)CCC)N(CCC(=O)O)c2ccc(C)cc21. The number of hydrogen-bond acceptors (Lipinski definition) is 5. The van der Waals surface area contributed by atoms with Gasteiger partial charge in [-0.2, -0.15) is 9.84 Å². The number of aryl methyl sites for hydroxylation is 1. The molecular weight excluding hydrogens is 581 g/mol. The van der Waals surface area contributed by atoms with Crippen LogP contribution >= 0.6 is 0 Å². The number of nitriles is 1. The van der Waals surface area contributed by atoms with Gasteiger partial charge in [0.05, 0.1) is 23.5 Å². The molecular formula is C38H45FN3O4+. The molecule has 0 aliphatic carbocycles. The summed E-state index contributed by atoms with van der Waals surface area (Å²) >= 11 is 0. The zero-order chi connectivity index (χ0) is 33.5. The highest BCUT2D eigenvalue weighted by molar-refractivity contribution is 6.03. The van der Waals surface area contributed by atoms with Crippen molar-refractivity contribution in [3.63, 3.8) is 0 Å². The van der Waals surface area contributed by atoms with E-state index in [1.54, 1.807) is 18.2 Å². The lowest BCUT2D eigenvalue weighted by molar-refractivity contribution is -0.440. The second-order valence-corrected chi connectivity index (χ2v) is 12.6. The number of aliphatic carboxylic acids is 1. The molecule has 0 spiro atoms. The number of rotatable bonds is 15. The van der Waals surface area contributed by atoms with Crippen molar-refractivity contribution in [2.75, 3.05) is 24.6 Å². The van der Waals surface area contributed by atoms with Gasteiger partial charge in [-0.3, -0.25) is 9.59 Å². The Balaban J connectivity index is 1.81. The van der Waals surface area contributed by atoms with E-state index in [1.807, 2.05) is 22.8 Å². The molecule has 0 saturated heterocycles. The van der Waals surface area contributed by atoms with Gasteiger partial charge in [0.2, 0.25) is 5.69 Å². The Hall–Kier alpha value is -4.51. The molecule has 2 aliphatic heterocycles. The number of nitrogens with zero attached hydrogens (tertiary/aromatic N) is 3. The molecule has 2 unspecified atom stereocenters. The highest BCUT2D eigenvalue weighted by Gasteiger charge is 2.47. The smallest absolute Gasteiger partial charge is 0.305 e. The summed E-state index contributed by atoms with van der Waals surface area (Å²) in [6.45, 7) is 11.9. The molecule has 2 heterocycles. The number of unbranched alkanes of at least 4 members (excludes halogenated alkanes) is 1. The zero-order valence-corrected chi connectivity index (χ0v) is 27.6. The minimum absolute atomic E-state index is 0.0115. The van der Waals surface area contributed by atoms with Gasteiger partial charge < -0.3 is 14.7 Å². The highest BCUT2D eigenvalue weighted by atomic mass is 19.1. The Labute approximate surface area is 272 Å². The fourth-order valence-corrected chi connectivity index (χ4v) is 7.10. The molecule has 8 heteroatoms. The fourth-order valence-electron chi connectivity index (χ4n) is 7.10. The summed E-state index contributed by atoms with van der Waals surface area (Å²) in [4.78, 5) is 24.6. The van der Waals surface area contributed by atoms with Gasteiger partial charge in [0.1, 0.15) is 12.4 Å². The van der Waals surface area contributed by atoms with Crippen LogP contribution in [0.15, 0.2) is 72.0 Å². The van der Waals surface area contributed by atoms with Crippen LogP contribution < -0.4 is 4.90 Å². The van der Waals surface area contributed by atoms with Crippen LogP contribution in [0, 0.1) is 24.1 Å². The average molecular weight is 627 g/mol. The van der Waals surface area contributed by atoms with Crippen LogP contribution in [0.3, 0.4) is 0 Å². The molecule has 2 aliphatic rings. The maximum Gasteiger partial charge on any atom is 0.305 e. The van der Waals surface area contributed by atoms with Gasteiger partial charge >= 0.3 is 5.97 Å². The summed E-state index contributed by atoms with van der Waals surface area (Å²) in [5.41, 5.74) is 6.49. The Morgan fingerprint density at radius 3 is 2.57 bits per heavy atom. The van der Waals surface area contributed by atoms with E-state index in [-0.39, 0.29) is 24.3 Å². The van der Waals surface area contributed by atoms with E-state index in [4.69, 9.17) is 4.74 Å². The van der Waals surface area contributed by atoms with Crippen molar-refractivity contribution >= 4 is 29.5 Å². The summed E-state index contributed by atoms with van der Waals surface area (Å²) in [5, 5.41) is 19.8. The molecule has 0 radical (unpaired) electrons. The van der Waals surface area contributed by atoms with Gasteiger partial charge in [0.25, 0.3) is 6.47 Å². The standard InChI is InChI=1S/C38H44FN3O4/c1-6-8-19-38(5)30-23-27(3)9-13-32(30)41(20-17-36(44)45)35(38)16-11-28(25-40)10-15-34-37(4,18-7-2)31-24-29(39)12-14-33(31)42(34)21-22-46-26-43/h9-16,23-24,26H,6-8,17-22H2,1-5H3/p+1. The lowest BCUT2D eigenvalue weighted by atomic mass is 9.75. The molecule has 2 atom stereocenters. The highest BCUT2D eigenvalue weighted by Crippen LogP contribution is 2.51. The molecule has 0 bridgehead atoms. The Morgan fingerprint density at radius 1 is 1.11 bits per heavy atom. The number of carboxylic acid groups (broad SMARTS) is 1. The monoisotopic (exact) mass is 626 g/mol. The molecule has 1 N–H and O–H groups in total. The lowest BCUT2D eigenvalue weighted by Crippen LogP contribution is -2.32. The van der Waals surface area contributed by atoms with Crippen molar-refractivity contribution in [3.05, 3.63) is 94.5 Å². The molecule has 0 fully saturated rings. The Kier molecular flexibility index (Phi) is 11.0. The third kappa shape index (κ3) is 6.84. The largest absolute Gasteiger partial charge is 0.481 e. The van der Waals surface area contributed by atoms with Crippen LogP contribution in [-0.2, 0) is 25.2 Å². The van der Waals surface area contributed by atoms with Crippen molar-refractivity contribution in [2.24, 2.45) is 0 Å². The van der Waals surface area contributed by atoms with Gasteiger partial charge in [0.15, 0.2) is 12.3 Å². The van der Waals surface area contributed by atoms with Crippen molar-refractivity contribution in [2.45, 2.75) is 84.0 Å². The molecule has 7 nitrogen and oxygen atoms in total. The minimum Gasteiger partial charge on any atom is -0.481 e. The second-order valence-electron chi connectivity index (χ2n) is 12.6. The number of carbonyl (C=O) groups excluding carboxylic acids is 1.